The van der Waals surface area contributed by atoms with Gasteiger partial charge in [-0.15, -0.1) is 0 Å². The van der Waals surface area contributed by atoms with Crippen LogP contribution in [0.15, 0.2) is 24.5 Å². The van der Waals surface area contributed by atoms with E-state index in [2.05, 4.69) is 10.1 Å². The first kappa shape index (κ1) is 12.6. The lowest BCUT2D eigenvalue weighted by Gasteiger charge is -2.22. The Bertz CT molecular complexity index is 581. The second kappa shape index (κ2) is 5.27. The van der Waals surface area contributed by atoms with Crippen molar-refractivity contribution in [1.82, 2.24) is 14.8 Å². The third-order valence-corrected chi connectivity index (χ3v) is 3.48. The minimum atomic E-state index is -0.444. The fraction of sp³-hybridized carbons (Fsp3) is 0.385. The Morgan fingerprint density at radius 3 is 3.00 bits per heavy atom. The summed E-state index contributed by atoms with van der Waals surface area (Å²) < 4.78 is 20.6. The van der Waals surface area contributed by atoms with Crippen LogP contribution in [0.4, 0.5) is 4.39 Å². The number of aromatic nitrogens is 3. The Morgan fingerprint density at radius 1 is 1.37 bits per heavy atom. The molecule has 1 unspecified atom stereocenters. The average molecular weight is 282 g/mol. The molecular formula is C13H13ClFN3O. The predicted octanol–water partition coefficient (Wildman–Crippen LogP) is 3.30. The van der Waals surface area contributed by atoms with Crippen LogP contribution in [0, 0.1) is 5.82 Å². The van der Waals surface area contributed by atoms with Crippen LogP contribution < -0.4 is 0 Å². The first-order valence-corrected chi connectivity index (χ1v) is 6.60. The van der Waals surface area contributed by atoms with Crippen molar-refractivity contribution in [2.75, 3.05) is 6.61 Å². The van der Waals surface area contributed by atoms with E-state index in [1.54, 1.807) is 10.7 Å². The van der Waals surface area contributed by atoms with E-state index in [4.69, 9.17) is 16.3 Å². The molecular weight excluding hydrogens is 269 g/mol. The summed E-state index contributed by atoms with van der Waals surface area (Å²) >= 11 is 5.80. The van der Waals surface area contributed by atoms with Gasteiger partial charge in [0.15, 0.2) is 5.82 Å². The number of rotatable bonds is 2. The SMILES string of the molecule is Fc1ccc(-n2ncnc2C2CCCCO2)cc1Cl. The standard InChI is InChI=1S/C13H13ClFN3O/c14-10-7-9(4-5-11(10)15)18-13(16-8-17-18)12-3-1-2-6-19-12/h4-5,7-8,12H,1-3,6H2. The van der Waals surface area contributed by atoms with Crippen LogP contribution in [-0.2, 0) is 4.74 Å². The van der Waals surface area contributed by atoms with Crippen molar-refractivity contribution in [2.45, 2.75) is 25.4 Å². The monoisotopic (exact) mass is 281 g/mol. The van der Waals surface area contributed by atoms with Gasteiger partial charge in [0.25, 0.3) is 0 Å². The van der Waals surface area contributed by atoms with E-state index < -0.39 is 5.82 Å². The second-order valence-corrected chi connectivity index (χ2v) is 4.89. The van der Waals surface area contributed by atoms with Gasteiger partial charge >= 0.3 is 0 Å². The topological polar surface area (TPSA) is 39.9 Å². The Labute approximate surface area is 115 Å². The van der Waals surface area contributed by atoms with Gasteiger partial charge in [0.1, 0.15) is 18.2 Å². The van der Waals surface area contributed by atoms with Crippen molar-refractivity contribution in [3.8, 4) is 5.69 Å². The molecule has 0 spiro atoms. The minimum absolute atomic E-state index is 0.0555. The van der Waals surface area contributed by atoms with Crippen LogP contribution in [0.3, 0.4) is 0 Å². The molecule has 3 rings (SSSR count). The van der Waals surface area contributed by atoms with Gasteiger partial charge in [-0.3, -0.25) is 0 Å². The number of hydrogen-bond acceptors (Lipinski definition) is 3. The zero-order valence-electron chi connectivity index (χ0n) is 10.2. The van der Waals surface area contributed by atoms with Crippen molar-refractivity contribution in [1.29, 1.82) is 0 Å². The molecule has 1 aromatic carbocycles. The first-order valence-electron chi connectivity index (χ1n) is 6.22. The van der Waals surface area contributed by atoms with Gasteiger partial charge in [0.05, 0.1) is 10.7 Å². The quantitative estimate of drug-likeness (QED) is 0.848. The minimum Gasteiger partial charge on any atom is -0.370 e. The summed E-state index contributed by atoms with van der Waals surface area (Å²) in [7, 11) is 0. The van der Waals surface area contributed by atoms with Crippen molar-refractivity contribution in [2.24, 2.45) is 0 Å². The van der Waals surface area contributed by atoms with E-state index in [9.17, 15) is 4.39 Å². The van der Waals surface area contributed by atoms with Crippen LogP contribution >= 0.6 is 11.6 Å². The van der Waals surface area contributed by atoms with Crippen LogP contribution in [-0.4, -0.2) is 21.4 Å². The molecule has 0 N–H and O–H groups in total. The van der Waals surface area contributed by atoms with E-state index in [0.29, 0.717) is 5.69 Å². The maximum atomic E-state index is 13.2. The molecule has 0 aliphatic carbocycles. The fourth-order valence-electron chi connectivity index (χ4n) is 2.23. The first-order chi connectivity index (χ1) is 9.25. The summed E-state index contributed by atoms with van der Waals surface area (Å²) in [6.07, 6.45) is 4.53. The number of hydrogen-bond donors (Lipinski definition) is 0. The zero-order chi connectivity index (χ0) is 13.2. The van der Waals surface area contributed by atoms with Gasteiger partial charge < -0.3 is 4.74 Å². The van der Waals surface area contributed by atoms with Crippen LogP contribution in [0.25, 0.3) is 5.69 Å². The molecule has 1 aliphatic rings. The highest BCUT2D eigenvalue weighted by molar-refractivity contribution is 6.30. The van der Waals surface area contributed by atoms with Gasteiger partial charge in [-0.25, -0.2) is 14.1 Å². The molecule has 1 fully saturated rings. The molecule has 1 atom stereocenters. The summed E-state index contributed by atoms with van der Waals surface area (Å²) in [6.45, 7) is 0.738. The number of halogens is 2. The maximum Gasteiger partial charge on any atom is 0.161 e. The van der Waals surface area contributed by atoms with Gasteiger partial charge in [-0.1, -0.05) is 11.6 Å². The predicted molar refractivity (Wildman–Crippen MR) is 68.9 cm³/mol. The van der Waals surface area contributed by atoms with Gasteiger partial charge in [-0.2, -0.15) is 5.10 Å². The number of ether oxygens (including phenoxy) is 1. The Morgan fingerprint density at radius 2 is 2.26 bits per heavy atom. The lowest BCUT2D eigenvalue weighted by molar-refractivity contribution is 0.00820. The van der Waals surface area contributed by atoms with Gasteiger partial charge in [-0.05, 0) is 37.5 Å². The molecule has 0 radical (unpaired) electrons. The molecule has 100 valence electrons. The van der Waals surface area contributed by atoms with Crippen molar-refractivity contribution < 1.29 is 9.13 Å². The Balaban J connectivity index is 1.96. The highest BCUT2D eigenvalue weighted by Gasteiger charge is 2.22. The highest BCUT2D eigenvalue weighted by Crippen LogP contribution is 2.28. The maximum absolute atomic E-state index is 13.2. The van der Waals surface area contributed by atoms with Crippen molar-refractivity contribution in [3.05, 3.63) is 41.2 Å². The molecule has 1 aromatic heterocycles. The summed E-state index contributed by atoms with van der Waals surface area (Å²) in [4.78, 5) is 4.26. The van der Waals surface area contributed by atoms with Crippen LogP contribution in [0.2, 0.25) is 5.02 Å². The van der Waals surface area contributed by atoms with Gasteiger partial charge in [0.2, 0.25) is 0 Å². The van der Waals surface area contributed by atoms with Crippen molar-refractivity contribution in [3.63, 3.8) is 0 Å². The summed E-state index contributed by atoms with van der Waals surface area (Å²) in [6, 6.07) is 4.49. The average Bonchev–Trinajstić information content (AvgIpc) is 2.92. The highest BCUT2D eigenvalue weighted by atomic mass is 35.5. The van der Waals surface area contributed by atoms with Crippen LogP contribution in [0.5, 0.6) is 0 Å². The molecule has 2 aromatic rings. The van der Waals surface area contributed by atoms with Crippen LogP contribution in [0.1, 0.15) is 31.2 Å². The molecule has 19 heavy (non-hydrogen) atoms. The molecule has 6 heteroatoms. The molecule has 2 heterocycles. The third-order valence-electron chi connectivity index (χ3n) is 3.19. The molecule has 0 saturated carbocycles. The largest absolute Gasteiger partial charge is 0.370 e. The number of nitrogens with zero attached hydrogens (tertiary/aromatic N) is 3. The second-order valence-electron chi connectivity index (χ2n) is 4.48. The van der Waals surface area contributed by atoms with Gasteiger partial charge in [0, 0.05) is 6.61 Å². The smallest absolute Gasteiger partial charge is 0.161 e. The molecule has 1 aliphatic heterocycles. The van der Waals surface area contributed by atoms with E-state index in [0.717, 1.165) is 31.7 Å². The number of benzene rings is 1. The molecule has 0 bridgehead atoms. The molecule has 1 saturated heterocycles. The summed E-state index contributed by atoms with van der Waals surface area (Å²) in [5.41, 5.74) is 0.688. The Hall–Kier alpha value is -1.46. The van der Waals surface area contributed by atoms with E-state index in [1.165, 1.54) is 18.5 Å². The molecule has 0 amide bonds. The molecule has 4 nitrogen and oxygen atoms in total. The lowest BCUT2D eigenvalue weighted by atomic mass is 10.1. The normalized spacial score (nSPS) is 19.6. The Kier molecular flexibility index (Phi) is 3.48. The van der Waals surface area contributed by atoms with E-state index in [-0.39, 0.29) is 11.1 Å². The van der Waals surface area contributed by atoms with E-state index in [1.807, 2.05) is 0 Å². The lowest BCUT2D eigenvalue weighted by Crippen LogP contribution is -2.16. The third kappa shape index (κ3) is 2.48. The van der Waals surface area contributed by atoms with Crippen molar-refractivity contribution >= 4 is 11.6 Å². The zero-order valence-corrected chi connectivity index (χ0v) is 11.0. The van der Waals surface area contributed by atoms with E-state index >= 15 is 0 Å². The summed E-state index contributed by atoms with van der Waals surface area (Å²) in [5.74, 6) is 0.295. The fourth-order valence-corrected chi connectivity index (χ4v) is 2.40. The summed E-state index contributed by atoms with van der Waals surface area (Å²) in [5, 5.41) is 4.25.